The summed E-state index contributed by atoms with van der Waals surface area (Å²) in [5, 5.41) is 9.97. The van der Waals surface area contributed by atoms with Gasteiger partial charge in [0.05, 0.1) is 0 Å². The highest BCUT2D eigenvalue weighted by atomic mass is 17.1. The topological polar surface area (TPSA) is 46.2 Å². The first-order valence-electron chi connectivity index (χ1n) is 4.64. The minimum absolute atomic E-state index is 0.0790. The first-order valence-corrected chi connectivity index (χ1v) is 4.64. The van der Waals surface area contributed by atoms with Gasteiger partial charge < -0.3 is 0 Å². The van der Waals surface area contributed by atoms with Crippen LogP contribution < -0.4 is 0 Å². The summed E-state index contributed by atoms with van der Waals surface area (Å²) >= 11 is 0. The standard InChI is InChI=1S/C11H19O3/c1-8(9(12)14-13)11(5,6)7-10(2,3)4/h1,7H2,2-6H3. The van der Waals surface area contributed by atoms with Crippen LogP contribution in [0.2, 0.25) is 0 Å². The Morgan fingerprint density at radius 2 is 1.64 bits per heavy atom. The molecule has 0 unspecified atom stereocenters. The van der Waals surface area contributed by atoms with Crippen LogP contribution in [0.25, 0.3) is 0 Å². The average molecular weight is 199 g/mol. The van der Waals surface area contributed by atoms with E-state index < -0.39 is 11.4 Å². The molecule has 0 aliphatic carbocycles. The second-order valence-corrected chi connectivity index (χ2v) is 5.47. The van der Waals surface area contributed by atoms with Gasteiger partial charge in [-0.3, -0.25) is 4.89 Å². The molecule has 0 fully saturated rings. The number of hydrogen-bond donors (Lipinski definition) is 0. The fourth-order valence-corrected chi connectivity index (χ4v) is 1.76. The molecule has 0 aliphatic heterocycles. The van der Waals surface area contributed by atoms with Crippen molar-refractivity contribution in [2.75, 3.05) is 0 Å². The van der Waals surface area contributed by atoms with Crippen LogP contribution in [0.5, 0.6) is 0 Å². The Labute approximate surface area is 85.7 Å². The molecule has 0 heterocycles. The molecule has 0 N–H and O–H groups in total. The SMILES string of the molecule is C=C(C(=O)O[O])C(C)(C)CC(C)(C)C. The van der Waals surface area contributed by atoms with Crippen LogP contribution >= 0.6 is 0 Å². The lowest BCUT2D eigenvalue weighted by Crippen LogP contribution is -2.26. The molecular formula is C11H19O3. The van der Waals surface area contributed by atoms with Gasteiger partial charge in [-0.05, 0) is 17.3 Å². The van der Waals surface area contributed by atoms with Crippen LogP contribution in [-0.2, 0) is 14.9 Å². The third kappa shape index (κ3) is 3.92. The van der Waals surface area contributed by atoms with Crippen molar-refractivity contribution in [2.45, 2.75) is 41.0 Å². The summed E-state index contributed by atoms with van der Waals surface area (Å²) < 4.78 is 0. The van der Waals surface area contributed by atoms with Crippen molar-refractivity contribution in [3.63, 3.8) is 0 Å². The minimum Gasteiger partial charge on any atom is -0.261 e. The Hall–Kier alpha value is -0.830. The van der Waals surface area contributed by atoms with Gasteiger partial charge >= 0.3 is 5.97 Å². The van der Waals surface area contributed by atoms with Crippen molar-refractivity contribution in [1.82, 2.24) is 0 Å². The van der Waals surface area contributed by atoms with Crippen molar-refractivity contribution in [1.29, 1.82) is 0 Å². The van der Waals surface area contributed by atoms with E-state index in [1.807, 2.05) is 13.8 Å². The fraction of sp³-hybridized carbons (Fsp3) is 0.727. The highest BCUT2D eigenvalue weighted by molar-refractivity contribution is 5.88. The highest BCUT2D eigenvalue weighted by Gasteiger charge is 2.32. The van der Waals surface area contributed by atoms with Crippen LogP contribution in [0.4, 0.5) is 0 Å². The number of rotatable bonds is 3. The second-order valence-electron chi connectivity index (χ2n) is 5.47. The Morgan fingerprint density at radius 3 is 1.93 bits per heavy atom. The molecule has 14 heavy (non-hydrogen) atoms. The number of carbonyl (C=O) groups is 1. The maximum Gasteiger partial charge on any atom is 0.372 e. The molecule has 0 atom stereocenters. The molecule has 0 rings (SSSR count). The molecule has 1 radical (unpaired) electrons. The van der Waals surface area contributed by atoms with Crippen molar-refractivity contribution < 1.29 is 14.9 Å². The van der Waals surface area contributed by atoms with E-state index in [1.165, 1.54) is 0 Å². The monoisotopic (exact) mass is 199 g/mol. The lowest BCUT2D eigenvalue weighted by atomic mass is 9.72. The van der Waals surface area contributed by atoms with Crippen molar-refractivity contribution in [2.24, 2.45) is 10.8 Å². The van der Waals surface area contributed by atoms with Crippen molar-refractivity contribution >= 4 is 5.97 Å². The number of carbonyl (C=O) groups excluding carboxylic acids is 1. The normalized spacial score (nSPS) is 12.4. The zero-order valence-electron chi connectivity index (χ0n) is 9.64. The van der Waals surface area contributed by atoms with E-state index >= 15 is 0 Å². The predicted octanol–water partition coefficient (Wildman–Crippen LogP) is 2.89. The van der Waals surface area contributed by atoms with Gasteiger partial charge in [-0.15, -0.1) is 0 Å². The summed E-state index contributed by atoms with van der Waals surface area (Å²) in [6.45, 7) is 13.6. The quantitative estimate of drug-likeness (QED) is 0.398. The van der Waals surface area contributed by atoms with Crippen LogP contribution in [0.3, 0.4) is 0 Å². The first-order chi connectivity index (χ1) is 6.10. The molecule has 3 nitrogen and oxygen atoms in total. The third-order valence-corrected chi connectivity index (χ3v) is 2.11. The predicted molar refractivity (Wildman–Crippen MR) is 53.8 cm³/mol. The molecule has 0 amide bonds. The molecule has 0 aromatic carbocycles. The van der Waals surface area contributed by atoms with Gasteiger partial charge in [0.25, 0.3) is 0 Å². The van der Waals surface area contributed by atoms with E-state index in [1.54, 1.807) is 0 Å². The summed E-state index contributed by atoms with van der Waals surface area (Å²) in [7, 11) is 0. The molecule has 81 valence electrons. The van der Waals surface area contributed by atoms with Crippen molar-refractivity contribution in [3.05, 3.63) is 12.2 Å². The van der Waals surface area contributed by atoms with E-state index in [2.05, 4.69) is 32.2 Å². The highest BCUT2D eigenvalue weighted by Crippen LogP contribution is 2.38. The van der Waals surface area contributed by atoms with Gasteiger partial charge in [-0.2, -0.15) is 0 Å². The van der Waals surface area contributed by atoms with Gasteiger partial charge in [-0.1, -0.05) is 41.2 Å². The Kier molecular flexibility index (Phi) is 3.89. The lowest BCUT2D eigenvalue weighted by molar-refractivity contribution is -0.275. The molecule has 0 bridgehead atoms. The second kappa shape index (κ2) is 4.13. The molecular weight excluding hydrogens is 180 g/mol. The van der Waals surface area contributed by atoms with Gasteiger partial charge in [0.1, 0.15) is 0 Å². The van der Waals surface area contributed by atoms with Gasteiger partial charge in [0.2, 0.25) is 0 Å². The zero-order valence-corrected chi connectivity index (χ0v) is 9.64. The Morgan fingerprint density at radius 1 is 1.21 bits per heavy atom. The van der Waals surface area contributed by atoms with Gasteiger partial charge in [0.15, 0.2) is 0 Å². The molecule has 3 heteroatoms. The lowest BCUT2D eigenvalue weighted by Gasteiger charge is -2.32. The van der Waals surface area contributed by atoms with Crippen LogP contribution in [0.1, 0.15) is 41.0 Å². The van der Waals surface area contributed by atoms with E-state index in [0.29, 0.717) is 0 Å². The fourth-order valence-electron chi connectivity index (χ4n) is 1.76. The van der Waals surface area contributed by atoms with Crippen molar-refractivity contribution in [3.8, 4) is 0 Å². The van der Waals surface area contributed by atoms with E-state index in [9.17, 15) is 10.1 Å². The molecule has 0 spiro atoms. The summed E-state index contributed by atoms with van der Waals surface area (Å²) in [5.41, 5.74) is -0.0857. The largest absolute Gasteiger partial charge is 0.372 e. The smallest absolute Gasteiger partial charge is 0.261 e. The minimum atomic E-state index is -0.862. The maximum absolute atomic E-state index is 11.0. The number of hydrogen-bond acceptors (Lipinski definition) is 2. The summed E-state index contributed by atoms with van der Waals surface area (Å²) in [5.74, 6) is -0.862. The van der Waals surface area contributed by atoms with Gasteiger partial charge in [-0.25, -0.2) is 4.79 Å². The van der Waals surface area contributed by atoms with E-state index in [-0.39, 0.29) is 11.0 Å². The van der Waals surface area contributed by atoms with E-state index in [0.717, 1.165) is 6.42 Å². The Balaban J connectivity index is 4.62. The average Bonchev–Trinajstić information content (AvgIpc) is 1.97. The third-order valence-electron chi connectivity index (χ3n) is 2.11. The molecule has 0 saturated carbocycles. The Bertz CT molecular complexity index is 233. The zero-order chi connectivity index (χ0) is 11.6. The van der Waals surface area contributed by atoms with Crippen LogP contribution in [0.15, 0.2) is 12.2 Å². The van der Waals surface area contributed by atoms with E-state index in [4.69, 9.17) is 0 Å². The molecule has 0 aromatic rings. The summed E-state index contributed by atoms with van der Waals surface area (Å²) in [4.78, 5) is 14.4. The van der Waals surface area contributed by atoms with Crippen LogP contribution in [0, 0.1) is 10.8 Å². The summed E-state index contributed by atoms with van der Waals surface area (Å²) in [6.07, 6.45) is 0.772. The molecule has 0 aliphatic rings. The first kappa shape index (κ1) is 13.2. The van der Waals surface area contributed by atoms with Gasteiger partial charge in [0, 0.05) is 10.8 Å². The molecule has 0 saturated heterocycles. The summed E-state index contributed by atoms with van der Waals surface area (Å²) in [6, 6.07) is 0. The van der Waals surface area contributed by atoms with Crippen LogP contribution in [-0.4, -0.2) is 5.97 Å². The molecule has 0 aromatic heterocycles. The maximum atomic E-state index is 11.0.